The normalized spacial score (nSPS) is 16.7. The maximum absolute atomic E-state index is 11.5. The molecule has 0 bridgehead atoms. The lowest BCUT2D eigenvalue weighted by Gasteiger charge is -2.18. The van der Waals surface area contributed by atoms with Gasteiger partial charge < -0.3 is 4.74 Å². The van der Waals surface area contributed by atoms with Gasteiger partial charge in [0.2, 0.25) is 5.91 Å². The average Bonchev–Trinajstić information content (AvgIpc) is 3.05. The van der Waals surface area contributed by atoms with Crippen LogP contribution in [0.3, 0.4) is 0 Å². The summed E-state index contributed by atoms with van der Waals surface area (Å²) < 4.78 is 6.44. The summed E-state index contributed by atoms with van der Waals surface area (Å²) in [6, 6.07) is 12.8. The molecule has 0 saturated carbocycles. The number of rotatable bonds is 4. The minimum Gasteiger partial charge on any atom is -0.497 e. The first-order valence-corrected chi connectivity index (χ1v) is 8.48. The van der Waals surface area contributed by atoms with Crippen molar-refractivity contribution < 1.29 is 9.53 Å². The number of nitrogens with one attached hydrogen (secondary N) is 1. The molecule has 1 atom stereocenters. The molecule has 0 spiro atoms. The van der Waals surface area contributed by atoms with Crippen molar-refractivity contribution in [2.75, 3.05) is 7.11 Å². The van der Waals surface area contributed by atoms with E-state index >= 15 is 0 Å². The van der Waals surface area contributed by atoms with Gasteiger partial charge >= 0.3 is 0 Å². The molecular formula is C19H17N5O3. The van der Waals surface area contributed by atoms with Gasteiger partial charge in [-0.2, -0.15) is 9.78 Å². The summed E-state index contributed by atoms with van der Waals surface area (Å²) in [6.45, 7) is 1.95. The minimum absolute atomic E-state index is 0.00328. The van der Waals surface area contributed by atoms with Crippen LogP contribution in [0.1, 0.15) is 18.9 Å². The highest BCUT2D eigenvalue weighted by molar-refractivity contribution is 6.07. The highest BCUT2D eigenvalue weighted by Crippen LogP contribution is 2.28. The summed E-state index contributed by atoms with van der Waals surface area (Å²) in [5.41, 5.74) is 6.15. The quantitative estimate of drug-likeness (QED) is 0.720. The molecule has 27 heavy (non-hydrogen) atoms. The number of amides is 1. The third kappa shape index (κ3) is 2.95. The largest absolute Gasteiger partial charge is 0.497 e. The van der Waals surface area contributed by atoms with Crippen LogP contribution in [-0.2, 0) is 4.79 Å². The molecule has 1 aromatic heterocycles. The molecule has 0 aliphatic carbocycles. The highest BCUT2D eigenvalue weighted by atomic mass is 16.5. The number of hydrogen-bond acceptors (Lipinski definition) is 6. The summed E-state index contributed by atoms with van der Waals surface area (Å²) >= 11 is 0. The molecule has 4 rings (SSSR count). The topological polar surface area (TPSA) is 97.9 Å². The van der Waals surface area contributed by atoms with Gasteiger partial charge in [0.15, 0.2) is 5.82 Å². The zero-order valence-corrected chi connectivity index (χ0v) is 14.8. The van der Waals surface area contributed by atoms with Crippen LogP contribution in [0.25, 0.3) is 22.4 Å². The maximum Gasteiger partial charge on any atom is 0.240 e. The van der Waals surface area contributed by atoms with E-state index in [1.807, 2.05) is 31.2 Å². The van der Waals surface area contributed by atoms with Crippen molar-refractivity contribution in [1.82, 2.24) is 15.1 Å². The van der Waals surface area contributed by atoms with Gasteiger partial charge in [-0.3, -0.25) is 4.79 Å². The zero-order chi connectivity index (χ0) is 19.0. The first kappa shape index (κ1) is 16.9. The summed E-state index contributed by atoms with van der Waals surface area (Å²) in [5, 5.41) is 7.31. The second-order valence-corrected chi connectivity index (χ2v) is 6.40. The number of benzene rings is 2. The van der Waals surface area contributed by atoms with Crippen molar-refractivity contribution in [3.8, 4) is 17.1 Å². The van der Waals surface area contributed by atoms with E-state index in [1.165, 1.54) is 4.68 Å². The molecule has 1 aliphatic rings. The van der Waals surface area contributed by atoms with Gasteiger partial charge in [-0.25, -0.2) is 10.4 Å². The van der Waals surface area contributed by atoms with E-state index in [0.717, 1.165) is 16.8 Å². The molecule has 136 valence electrons. The van der Waals surface area contributed by atoms with Gasteiger partial charge in [-0.05, 0) is 36.4 Å². The number of ether oxygens (including phenoxy) is 1. The van der Waals surface area contributed by atoms with Crippen LogP contribution in [0.15, 0.2) is 52.9 Å². The van der Waals surface area contributed by atoms with Gasteiger partial charge in [0.25, 0.3) is 0 Å². The van der Waals surface area contributed by atoms with E-state index in [2.05, 4.69) is 20.8 Å². The van der Waals surface area contributed by atoms with Crippen molar-refractivity contribution in [2.24, 2.45) is 16.3 Å². The van der Waals surface area contributed by atoms with E-state index in [0.29, 0.717) is 29.0 Å². The number of imidazole rings is 1. The number of hydrogen-bond donors (Lipinski definition) is 1. The third-order valence-electron chi connectivity index (χ3n) is 4.62. The summed E-state index contributed by atoms with van der Waals surface area (Å²) in [5.74, 6) is 1.08. The van der Waals surface area contributed by atoms with Crippen molar-refractivity contribution in [2.45, 2.75) is 13.3 Å². The Kier molecular flexibility index (Phi) is 4.15. The second-order valence-electron chi connectivity index (χ2n) is 6.40. The van der Waals surface area contributed by atoms with Gasteiger partial charge in [-0.1, -0.05) is 13.0 Å². The number of aromatic nitrogens is 2. The molecule has 0 radical (unpaired) electrons. The molecule has 0 fully saturated rings. The molecule has 3 aromatic rings. The lowest BCUT2D eigenvalue weighted by Crippen LogP contribution is -2.31. The summed E-state index contributed by atoms with van der Waals surface area (Å²) in [4.78, 5) is 27.5. The molecule has 1 amide bonds. The van der Waals surface area contributed by atoms with E-state index in [9.17, 15) is 9.70 Å². The van der Waals surface area contributed by atoms with Crippen molar-refractivity contribution in [3.05, 3.63) is 52.9 Å². The number of hydrazone groups is 1. The van der Waals surface area contributed by atoms with Gasteiger partial charge in [0.05, 0.1) is 29.1 Å². The van der Waals surface area contributed by atoms with Crippen LogP contribution in [-0.4, -0.2) is 28.4 Å². The second kappa shape index (κ2) is 6.64. The van der Waals surface area contributed by atoms with Gasteiger partial charge in [-0.15, -0.1) is 4.91 Å². The zero-order valence-electron chi connectivity index (χ0n) is 14.8. The Labute approximate surface area is 154 Å². The average molecular weight is 363 g/mol. The van der Waals surface area contributed by atoms with E-state index in [-0.39, 0.29) is 11.8 Å². The number of nitroso groups, excluding NO2 is 1. The van der Waals surface area contributed by atoms with Crippen LogP contribution < -0.4 is 10.2 Å². The van der Waals surface area contributed by atoms with Gasteiger partial charge in [0, 0.05) is 23.5 Å². The summed E-state index contributed by atoms with van der Waals surface area (Å²) in [6.07, 6.45) is 0.387. The lowest BCUT2D eigenvalue weighted by molar-refractivity contribution is -0.121. The fourth-order valence-corrected chi connectivity index (χ4v) is 3.24. The molecule has 8 heteroatoms. The maximum atomic E-state index is 11.5. The fourth-order valence-electron chi connectivity index (χ4n) is 3.24. The molecule has 0 saturated heterocycles. The van der Waals surface area contributed by atoms with Crippen molar-refractivity contribution in [3.63, 3.8) is 0 Å². The smallest absolute Gasteiger partial charge is 0.240 e. The van der Waals surface area contributed by atoms with Crippen LogP contribution in [0.5, 0.6) is 5.75 Å². The minimum atomic E-state index is -0.0939. The van der Waals surface area contributed by atoms with Crippen molar-refractivity contribution >= 4 is 22.7 Å². The van der Waals surface area contributed by atoms with Crippen molar-refractivity contribution in [1.29, 1.82) is 0 Å². The Hall–Kier alpha value is -3.55. The Morgan fingerprint density at radius 1 is 1.19 bits per heavy atom. The number of fused-ring (bicyclic) bond motifs is 1. The standard InChI is InChI=1S/C19H17N5O3/c1-11-9-17(25)21-22-18(11)13-5-8-16-15(10-13)20-19(24(16)23-26)12-3-6-14(27-2)7-4-12/h3-8,10-11H,9H2,1-2H3,(H,21,25). The Morgan fingerprint density at radius 2 is 1.93 bits per heavy atom. The molecular weight excluding hydrogens is 346 g/mol. The molecule has 1 N–H and O–H groups in total. The highest BCUT2D eigenvalue weighted by Gasteiger charge is 2.23. The van der Waals surface area contributed by atoms with E-state index < -0.39 is 0 Å². The monoisotopic (exact) mass is 363 g/mol. The third-order valence-corrected chi connectivity index (χ3v) is 4.62. The predicted molar refractivity (Wildman–Crippen MR) is 101 cm³/mol. The lowest BCUT2D eigenvalue weighted by atomic mass is 9.94. The molecule has 1 aliphatic heterocycles. The molecule has 8 nitrogen and oxygen atoms in total. The fraction of sp³-hybridized carbons (Fsp3) is 0.211. The Balaban J connectivity index is 1.81. The first-order valence-electron chi connectivity index (χ1n) is 8.48. The van der Waals surface area contributed by atoms with Crippen LogP contribution in [0.4, 0.5) is 0 Å². The Morgan fingerprint density at radius 3 is 2.59 bits per heavy atom. The van der Waals surface area contributed by atoms with Crippen LogP contribution in [0, 0.1) is 10.8 Å². The number of carbonyl (C=O) groups is 1. The molecule has 1 unspecified atom stereocenters. The first-order chi connectivity index (χ1) is 13.1. The van der Waals surface area contributed by atoms with Crippen LogP contribution >= 0.6 is 0 Å². The summed E-state index contributed by atoms with van der Waals surface area (Å²) in [7, 11) is 1.59. The van der Waals surface area contributed by atoms with Gasteiger partial charge in [0.1, 0.15) is 5.75 Å². The Bertz CT molecular complexity index is 1070. The SMILES string of the molecule is COc1ccc(-c2nc3cc(C4=NNC(=O)CC4C)ccc3n2N=O)cc1. The molecule has 2 aromatic carbocycles. The van der Waals surface area contributed by atoms with Crippen LogP contribution in [0.2, 0.25) is 0 Å². The number of nitrogens with zero attached hydrogens (tertiary/aromatic N) is 4. The molecule has 2 heterocycles. The van der Waals surface area contributed by atoms with E-state index in [4.69, 9.17) is 4.74 Å². The predicted octanol–water partition coefficient (Wildman–Crippen LogP) is 3.10. The number of carbonyl (C=O) groups excluding carboxylic acids is 1. The van der Waals surface area contributed by atoms with E-state index in [1.54, 1.807) is 25.3 Å². The number of methoxy groups -OCH3 is 1.